The fraction of sp³-hybridized carbons (Fsp3) is 0.143. The summed E-state index contributed by atoms with van der Waals surface area (Å²) in [7, 11) is -1.80. The molecule has 0 amide bonds. The summed E-state index contributed by atoms with van der Waals surface area (Å²) in [5.41, 5.74) is 2.44. The van der Waals surface area contributed by atoms with Gasteiger partial charge in [-0.25, -0.2) is 8.42 Å². The summed E-state index contributed by atoms with van der Waals surface area (Å²) >= 11 is 3.36. The molecule has 0 bridgehead atoms. The van der Waals surface area contributed by atoms with Gasteiger partial charge < -0.3 is 5.32 Å². The van der Waals surface area contributed by atoms with E-state index in [1.807, 2.05) is 19.1 Å². The van der Waals surface area contributed by atoms with E-state index in [0.717, 1.165) is 11.3 Å². The van der Waals surface area contributed by atoms with Crippen LogP contribution in [0.2, 0.25) is 0 Å². The van der Waals surface area contributed by atoms with Gasteiger partial charge in [0.1, 0.15) is 0 Å². The molecule has 0 aliphatic heterocycles. The zero-order valence-electron chi connectivity index (χ0n) is 11.1. The second-order valence-corrected chi connectivity index (χ2v) is 6.90. The molecule has 2 rings (SSSR count). The highest BCUT2D eigenvalue weighted by atomic mass is 79.9. The van der Waals surface area contributed by atoms with Crippen molar-refractivity contribution in [1.29, 1.82) is 0 Å². The third kappa shape index (κ3) is 3.32. The molecule has 0 aliphatic carbocycles. The van der Waals surface area contributed by atoms with Crippen molar-refractivity contribution in [2.75, 3.05) is 17.1 Å². The van der Waals surface area contributed by atoms with Gasteiger partial charge in [0, 0.05) is 17.2 Å². The summed E-state index contributed by atoms with van der Waals surface area (Å²) in [6.07, 6.45) is 0. The Kier molecular flexibility index (Phi) is 4.35. The summed E-state index contributed by atoms with van der Waals surface area (Å²) in [4.78, 5) is 0.226. The largest absolute Gasteiger partial charge is 0.388 e. The molecule has 0 heterocycles. The molecule has 0 spiro atoms. The Bertz CT molecular complexity index is 712. The second kappa shape index (κ2) is 5.85. The van der Waals surface area contributed by atoms with Crippen LogP contribution in [0.1, 0.15) is 5.56 Å². The minimum Gasteiger partial charge on any atom is -0.388 e. The molecule has 0 fully saturated rings. The molecule has 0 aliphatic rings. The van der Waals surface area contributed by atoms with E-state index >= 15 is 0 Å². The lowest BCUT2D eigenvalue weighted by molar-refractivity contribution is 0.601. The number of hydrogen-bond donors (Lipinski definition) is 2. The van der Waals surface area contributed by atoms with Gasteiger partial charge in [-0.3, -0.25) is 4.72 Å². The van der Waals surface area contributed by atoms with Gasteiger partial charge in [0.15, 0.2) is 0 Å². The zero-order chi connectivity index (χ0) is 14.8. The summed E-state index contributed by atoms with van der Waals surface area (Å²) in [5, 5.41) is 2.95. The van der Waals surface area contributed by atoms with E-state index in [0.29, 0.717) is 10.2 Å². The minimum atomic E-state index is -3.58. The lowest BCUT2D eigenvalue weighted by Crippen LogP contribution is -2.13. The molecule has 2 aromatic rings. The Balaban J connectivity index is 2.30. The third-order valence-electron chi connectivity index (χ3n) is 2.82. The summed E-state index contributed by atoms with van der Waals surface area (Å²) in [6, 6.07) is 12.0. The molecule has 20 heavy (non-hydrogen) atoms. The monoisotopic (exact) mass is 354 g/mol. The maximum atomic E-state index is 12.3. The van der Waals surface area contributed by atoms with E-state index in [4.69, 9.17) is 0 Å². The average Bonchev–Trinajstić information content (AvgIpc) is 2.42. The number of rotatable bonds is 4. The zero-order valence-corrected chi connectivity index (χ0v) is 13.5. The Morgan fingerprint density at radius 1 is 1.05 bits per heavy atom. The van der Waals surface area contributed by atoms with Crippen molar-refractivity contribution in [3.8, 4) is 0 Å². The first-order valence-electron chi connectivity index (χ1n) is 5.99. The maximum absolute atomic E-state index is 12.3. The smallest absolute Gasteiger partial charge is 0.261 e. The van der Waals surface area contributed by atoms with Crippen LogP contribution in [-0.4, -0.2) is 15.5 Å². The summed E-state index contributed by atoms with van der Waals surface area (Å²) in [5.74, 6) is 0. The maximum Gasteiger partial charge on any atom is 0.261 e. The normalized spacial score (nSPS) is 11.2. The van der Waals surface area contributed by atoms with Crippen LogP contribution >= 0.6 is 15.9 Å². The van der Waals surface area contributed by atoms with Crippen LogP contribution in [0.4, 0.5) is 11.4 Å². The number of benzene rings is 2. The van der Waals surface area contributed by atoms with Crippen LogP contribution in [0.5, 0.6) is 0 Å². The fourth-order valence-electron chi connectivity index (χ4n) is 1.71. The number of sulfonamides is 1. The highest BCUT2D eigenvalue weighted by molar-refractivity contribution is 9.10. The molecule has 0 radical (unpaired) electrons. The minimum absolute atomic E-state index is 0.226. The highest BCUT2D eigenvalue weighted by Crippen LogP contribution is 2.26. The number of aryl methyl sites for hydroxylation is 1. The van der Waals surface area contributed by atoms with Gasteiger partial charge in [-0.05, 0) is 64.8 Å². The average molecular weight is 355 g/mol. The molecule has 0 atom stereocenters. The summed E-state index contributed by atoms with van der Waals surface area (Å²) < 4.78 is 27.9. The van der Waals surface area contributed by atoms with Gasteiger partial charge in [0.2, 0.25) is 0 Å². The van der Waals surface area contributed by atoms with Crippen LogP contribution in [0.3, 0.4) is 0 Å². The second-order valence-electron chi connectivity index (χ2n) is 4.36. The number of halogens is 1. The van der Waals surface area contributed by atoms with Crippen molar-refractivity contribution in [3.63, 3.8) is 0 Å². The van der Waals surface area contributed by atoms with E-state index in [-0.39, 0.29) is 4.90 Å². The molecule has 2 aromatic carbocycles. The molecular formula is C14H15BrN2O2S. The highest BCUT2D eigenvalue weighted by Gasteiger charge is 2.15. The standard InChI is InChI=1S/C14H15BrN2O2S/c1-10-3-8-14(13(15)9-10)17-20(18,19)12-6-4-11(16-2)5-7-12/h3-9,16-17H,1-2H3. The Morgan fingerprint density at radius 2 is 1.70 bits per heavy atom. The lowest BCUT2D eigenvalue weighted by Gasteiger charge is -2.11. The number of hydrogen-bond acceptors (Lipinski definition) is 3. The molecule has 6 heteroatoms. The molecular weight excluding hydrogens is 340 g/mol. The van der Waals surface area contributed by atoms with Crippen molar-refractivity contribution in [3.05, 3.63) is 52.5 Å². The fourth-order valence-corrected chi connectivity index (χ4v) is 3.51. The summed E-state index contributed by atoms with van der Waals surface area (Å²) in [6.45, 7) is 1.94. The van der Waals surface area contributed by atoms with Gasteiger partial charge in [0.25, 0.3) is 10.0 Å². The number of anilines is 2. The molecule has 0 aromatic heterocycles. The van der Waals surface area contributed by atoms with Crippen molar-refractivity contribution >= 4 is 37.3 Å². The van der Waals surface area contributed by atoms with Crippen molar-refractivity contribution in [2.45, 2.75) is 11.8 Å². The van der Waals surface area contributed by atoms with Crippen LogP contribution < -0.4 is 10.0 Å². The van der Waals surface area contributed by atoms with E-state index in [9.17, 15) is 8.42 Å². The van der Waals surface area contributed by atoms with Gasteiger partial charge in [-0.2, -0.15) is 0 Å². The lowest BCUT2D eigenvalue weighted by atomic mass is 10.2. The molecule has 0 unspecified atom stereocenters. The van der Waals surface area contributed by atoms with Crippen LogP contribution in [0.15, 0.2) is 51.8 Å². The molecule has 0 saturated heterocycles. The number of nitrogens with one attached hydrogen (secondary N) is 2. The third-order valence-corrected chi connectivity index (χ3v) is 4.86. The van der Waals surface area contributed by atoms with Gasteiger partial charge in [0.05, 0.1) is 10.6 Å². The van der Waals surface area contributed by atoms with E-state index < -0.39 is 10.0 Å². The van der Waals surface area contributed by atoms with Gasteiger partial charge in [-0.1, -0.05) is 6.07 Å². The Hall–Kier alpha value is -1.53. The van der Waals surface area contributed by atoms with Crippen LogP contribution in [-0.2, 0) is 10.0 Å². The van der Waals surface area contributed by atoms with Gasteiger partial charge in [-0.15, -0.1) is 0 Å². The Morgan fingerprint density at radius 3 is 2.25 bits per heavy atom. The predicted octanol–water partition coefficient (Wildman–Crippen LogP) is 3.60. The quantitative estimate of drug-likeness (QED) is 0.881. The molecule has 106 valence electrons. The molecule has 2 N–H and O–H groups in total. The predicted molar refractivity (Wildman–Crippen MR) is 85.7 cm³/mol. The van der Waals surface area contributed by atoms with E-state index in [2.05, 4.69) is 26.0 Å². The van der Waals surface area contributed by atoms with E-state index in [1.165, 1.54) is 0 Å². The first-order valence-corrected chi connectivity index (χ1v) is 8.27. The van der Waals surface area contributed by atoms with Crippen molar-refractivity contribution < 1.29 is 8.42 Å². The van der Waals surface area contributed by atoms with Gasteiger partial charge >= 0.3 is 0 Å². The molecule has 0 saturated carbocycles. The first-order chi connectivity index (χ1) is 9.42. The SMILES string of the molecule is CNc1ccc(S(=O)(=O)Nc2ccc(C)cc2Br)cc1. The first kappa shape index (κ1) is 14.9. The van der Waals surface area contributed by atoms with E-state index in [1.54, 1.807) is 37.4 Å². The van der Waals surface area contributed by atoms with Crippen LogP contribution in [0, 0.1) is 6.92 Å². The van der Waals surface area contributed by atoms with Crippen molar-refractivity contribution in [2.24, 2.45) is 0 Å². The van der Waals surface area contributed by atoms with Crippen molar-refractivity contribution in [1.82, 2.24) is 0 Å². The topological polar surface area (TPSA) is 58.2 Å². The molecule has 4 nitrogen and oxygen atoms in total. The van der Waals surface area contributed by atoms with Crippen LogP contribution in [0.25, 0.3) is 0 Å². The Labute approximate surface area is 127 Å².